The first-order chi connectivity index (χ1) is 15.5. The summed E-state index contributed by atoms with van der Waals surface area (Å²) in [6.07, 6.45) is 3.77. The minimum atomic E-state index is -0.315. The molecule has 0 aliphatic carbocycles. The summed E-state index contributed by atoms with van der Waals surface area (Å²) in [5.41, 5.74) is 4.12. The van der Waals surface area contributed by atoms with Crippen LogP contribution >= 0.6 is 11.8 Å². The van der Waals surface area contributed by atoms with Gasteiger partial charge in [-0.05, 0) is 70.5 Å². The van der Waals surface area contributed by atoms with E-state index < -0.39 is 0 Å². The standard InChI is InChI=1S/C25H31N5OS/c1-18-12-13-22(19(2)16-18)26-24(31)20(3)32-25-28-27-23(17-29-14-8-5-9-15-29)30(25)21-10-6-4-7-11-21/h4,6-7,10-13,16,20H,5,8-9,14-15,17H2,1-3H3,(H,26,31). The van der Waals surface area contributed by atoms with E-state index in [-0.39, 0.29) is 11.2 Å². The third kappa shape index (κ3) is 5.40. The number of aryl methyl sites for hydroxylation is 2. The molecule has 1 N–H and O–H groups in total. The molecule has 1 fully saturated rings. The highest BCUT2D eigenvalue weighted by molar-refractivity contribution is 8.00. The Labute approximate surface area is 194 Å². The highest BCUT2D eigenvalue weighted by Crippen LogP contribution is 2.28. The number of likely N-dealkylation sites (tertiary alicyclic amines) is 1. The van der Waals surface area contributed by atoms with E-state index in [1.807, 2.05) is 44.2 Å². The molecule has 1 aromatic heterocycles. The van der Waals surface area contributed by atoms with E-state index >= 15 is 0 Å². The van der Waals surface area contributed by atoms with Crippen molar-refractivity contribution in [1.29, 1.82) is 0 Å². The number of anilines is 1. The average molecular weight is 450 g/mol. The van der Waals surface area contributed by atoms with Crippen molar-refractivity contribution < 1.29 is 4.79 Å². The first kappa shape index (κ1) is 22.6. The van der Waals surface area contributed by atoms with E-state index in [0.29, 0.717) is 0 Å². The number of hydrogen-bond donors (Lipinski definition) is 1. The molecule has 7 heteroatoms. The van der Waals surface area contributed by atoms with Crippen molar-refractivity contribution >= 4 is 23.4 Å². The quantitative estimate of drug-likeness (QED) is 0.515. The van der Waals surface area contributed by atoms with Crippen LogP contribution < -0.4 is 5.32 Å². The maximum Gasteiger partial charge on any atom is 0.237 e. The van der Waals surface area contributed by atoms with E-state index in [0.717, 1.165) is 47.6 Å². The van der Waals surface area contributed by atoms with Crippen LogP contribution in [0.15, 0.2) is 53.7 Å². The van der Waals surface area contributed by atoms with Gasteiger partial charge in [0.15, 0.2) is 11.0 Å². The number of para-hydroxylation sites is 1. The van der Waals surface area contributed by atoms with Gasteiger partial charge in [-0.3, -0.25) is 14.3 Å². The number of aromatic nitrogens is 3. The van der Waals surface area contributed by atoms with Crippen LogP contribution in [0.25, 0.3) is 5.69 Å². The first-order valence-corrected chi connectivity index (χ1v) is 12.2. The third-order valence-electron chi connectivity index (χ3n) is 5.82. The van der Waals surface area contributed by atoms with E-state index in [1.165, 1.54) is 36.6 Å². The monoisotopic (exact) mass is 449 g/mol. The second-order valence-electron chi connectivity index (χ2n) is 8.47. The molecule has 168 valence electrons. The summed E-state index contributed by atoms with van der Waals surface area (Å²) in [7, 11) is 0. The lowest BCUT2D eigenvalue weighted by Crippen LogP contribution is -2.30. The summed E-state index contributed by atoms with van der Waals surface area (Å²) in [5, 5.41) is 12.5. The molecule has 0 spiro atoms. The highest BCUT2D eigenvalue weighted by atomic mass is 32.2. The van der Waals surface area contributed by atoms with Gasteiger partial charge in [-0.25, -0.2) is 0 Å². The third-order valence-corrected chi connectivity index (χ3v) is 6.86. The smallest absolute Gasteiger partial charge is 0.237 e. The van der Waals surface area contributed by atoms with E-state index in [4.69, 9.17) is 0 Å². The molecule has 1 unspecified atom stereocenters. The molecule has 2 heterocycles. The van der Waals surface area contributed by atoms with Gasteiger partial charge in [0.2, 0.25) is 5.91 Å². The Morgan fingerprint density at radius 3 is 2.53 bits per heavy atom. The molecule has 3 aromatic rings. The predicted molar refractivity (Wildman–Crippen MR) is 130 cm³/mol. The van der Waals surface area contributed by atoms with Crippen LogP contribution in [0.1, 0.15) is 43.1 Å². The van der Waals surface area contributed by atoms with Crippen molar-refractivity contribution in [3.8, 4) is 5.69 Å². The number of piperidine rings is 1. The number of nitrogens with one attached hydrogen (secondary N) is 1. The Balaban J connectivity index is 1.53. The van der Waals surface area contributed by atoms with Gasteiger partial charge in [-0.1, -0.05) is 54.1 Å². The van der Waals surface area contributed by atoms with Gasteiger partial charge >= 0.3 is 0 Å². The van der Waals surface area contributed by atoms with Gasteiger partial charge in [0.1, 0.15) is 0 Å². The van der Waals surface area contributed by atoms with Crippen LogP contribution in [-0.2, 0) is 11.3 Å². The largest absolute Gasteiger partial charge is 0.325 e. The Morgan fingerprint density at radius 2 is 1.81 bits per heavy atom. The number of rotatable bonds is 7. The zero-order valence-electron chi connectivity index (χ0n) is 19.0. The topological polar surface area (TPSA) is 63.1 Å². The summed E-state index contributed by atoms with van der Waals surface area (Å²) < 4.78 is 2.10. The number of hydrogen-bond acceptors (Lipinski definition) is 5. The van der Waals surface area contributed by atoms with Gasteiger partial charge in [0.05, 0.1) is 11.8 Å². The van der Waals surface area contributed by atoms with Crippen molar-refractivity contribution in [2.45, 2.75) is 57.0 Å². The Kier molecular flexibility index (Phi) is 7.27. The SMILES string of the molecule is Cc1ccc(NC(=O)C(C)Sc2nnc(CN3CCCCC3)n2-c2ccccc2)c(C)c1. The summed E-state index contributed by atoms with van der Waals surface area (Å²) in [4.78, 5) is 15.4. The van der Waals surface area contributed by atoms with Crippen molar-refractivity contribution in [2.75, 3.05) is 18.4 Å². The number of nitrogens with zero attached hydrogens (tertiary/aromatic N) is 4. The molecular weight excluding hydrogens is 418 g/mol. The summed E-state index contributed by atoms with van der Waals surface area (Å²) in [6, 6.07) is 16.2. The first-order valence-electron chi connectivity index (χ1n) is 11.3. The zero-order valence-corrected chi connectivity index (χ0v) is 19.9. The number of benzene rings is 2. The second-order valence-corrected chi connectivity index (χ2v) is 9.78. The minimum absolute atomic E-state index is 0.0397. The predicted octanol–water partition coefficient (Wildman–Crippen LogP) is 4.99. The lowest BCUT2D eigenvalue weighted by atomic mass is 10.1. The Morgan fingerprint density at radius 1 is 1.06 bits per heavy atom. The molecule has 0 saturated carbocycles. The summed E-state index contributed by atoms with van der Waals surface area (Å²) in [6.45, 7) is 8.94. The van der Waals surface area contributed by atoms with Gasteiger partial charge < -0.3 is 5.32 Å². The van der Waals surface area contributed by atoms with Crippen LogP contribution in [0.2, 0.25) is 0 Å². The molecule has 32 heavy (non-hydrogen) atoms. The molecule has 0 bridgehead atoms. The van der Waals surface area contributed by atoms with Gasteiger partial charge in [0, 0.05) is 11.4 Å². The maximum atomic E-state index is 12.9. The summed E-state index contributed by atoms with van der Waals surface area (Å²) >= 11 is 1.44. The van der Waals surface area contributed by atoms with Crippen LogP contribution in [0.4, 0.5) is 5.69 Å². The van der Waals surface area contributed by atoms with Crippen molar-refractivity contribution in [2.24, 2.45) is 0 Å². The Hall–Kier alpha value is -2.64. The molecule has 4 rings (SSSR count). The number of carbonyl (C=O) groups excluding carboxylic acids is 1. The van der Waals surface area contributed by atoms with Gasteiger partial charge in [-0.2, -0.15) is 0 Å². The number of thioether (sulfide) groups is 1. The lowest BCUT2D eigenvalue weighted by molar-refractivity contribution is -0.115. The molecule has 6 nitrogen and oxygen atoms in total. The van der Waals surface area contributed by atoms with Crippen molar-refractivity contribution in [3.05, 3.63) is 65.5 Å². The molecule has 1 amide bonds. The van der Waals surface area contributed by atoms with Gasteiger partial charge in [-0.15, -0.1) is 10.2 Å². The van der Waals surface area contributed by atoms with Crippen LogP contribution in [0.3, 0.4) is 0 Å². The molecule has 1 aliphatic rings. The average Bonchev–Trinajstić information content (AvgIpc) is 3.18. The molecule has 2 aromatic carbocycles. The maximum absolute atomic E-state index is 12.9. The normalized spacial score (nSPS) is 15.5. The molecule has 0 radical (unpaired) electrons. The fraction of sp³-hybridized carbons (Fsp3) is 0.400. The highest BCUT2D eigenvalue weighted by Gasteiger charge is 2.23. The van der Waals surface area contributed by atoms with E-state index in [1.54, 1.807) is 0 Å². The zero-order chi connectivity index (χ0) is 22.5. The molecule has 1 atom stereocenters. The van der Waals surface area contributed by atoms with Crippen LogP contribution in [-0.4, -0.2) is 43.9 Å². The number of amides is 1. The molecule has 1 aliphatic heterocycles. The van der Waals surface area contributed by atoms with Gasteiger partial charge in [0.25, 0.3) is 0 Å². The minimum Gasteiger partial charge on any atom is -0.325 e. The number of carbonyl (C=O) groups is 1. The fourth-order valence-electron chi connectivity index (χ4n) is 4.03. The fourth-order valence-corrected chi connectivity index (χ4v) is 4.92. The second kappa shape index (κ2) is 10.3. The Bertz CT molecular complexity index is 1060. The van der Waals surface area contributed by atoms with Crippen LogP contribution in [0, 0.1) is 13.8 Å². The van der Waals surface area contributed by atoms with Crippen LogP contribution in [0.5, 0.6) is 0 Å². The van der Waals surface area contributed by atoms with E-state index in [9.17, 15) is 4.79 Å². The van der Waals surface area contributed by atoms with E-state index in [2.05, 4.69) is 50.1 Å². The molecule has 1 saturated heterocycles. The lowest BCUT2D eigenvalue weighted by Gasteiger charge is -2.26. The molecular formula is C25H31N5OS. The summed E-state index contributed by atoms with van der Waals surface area (Å²) in [5.74, 6) is 0.879. The van der Waals surface area contributed by atoms with Crippen molar-refractivity contribution in [3.63, 3.8) is 0 Å². The van der Waals surface area contributed by atoms with Crippen molar-refractivity contribution in [1.82, 2.24) is 19.7 Å².